The van der Waals surface area contributed by atoms with Gasteiger partial charge in [0.2, 0.25) is 0 Å². The van der Waals surface area contributed by atoms with Gasteiger partial charge in [-0.05, 0) is 36.8 Å². The summed E-state index contributed by atoms with van der Waals surface area (Å²) in [6.45, 7) is 3.94. The number of benzene rings is 2. The predicted molar refractivity (Wildman–Crippen MR) is 117 cm³/mol. The smallest absolute Gasteiger partial charge is 0.0825 e. The Hall–Kier alpha value is -1.93. The third kappa shape index (κ3) is 9.53. The first-order valence-electron chi connectivity index (χ1n) is 10.6. The molecule has 0 aliphatic rings. The maximum Gasteiger partial charge on any atom is 0.0825 e. The largest absolute Gasteiger partial charge is 0.373 e. The lowest BCUT2D eigenvalue weighted by molar-refractivity contribution is 0.0505. The summed E-state index contributed by atoms with van der Waals surface area (Å²) >= 11 is 0. The van der Waals surface area contributed by atoms with E-state index in [4.69, 9.17) is 4.74 Å². The van der Waals surface area contributed by atoms with E-state index in [2.05, 4.69) is 72.6 Å². The number of ether oxygens (including phenoxy) is 1. The third-order valence-electron chi connectivity index (χ3n) is 4.78. The van der Waals surface area contributed by atoms with E-state index in [9.17, 15) is 0 Å². The second-order valence-electron chi connectivity index (χ2n) is 7.09. The van der Waals surface area contributed by atoms with Gasteiger partial charge in [-0.1, -0.05) is 86.8 Å². The van der Waals surface area contributed by atoms with Crippen LogP contribution in [-0.4, -0.2) is 19.4 Å². The Balaban J connectivity index is 1.71. The molecule has 0 radical (unpaired) electrons. The normalized spacial score (nSPS) is 12.5. The molecular formula is C25H35NO. The summed E-state index contributed by atoms with van der Waals surface area (Å²) in [5.74, 6) is 0. The van der Waals surface area contributed by atoms with Crippen LogP contribution in [-0.2, 0) is 11.2 Å². The monoisotopic (exact) mass is 365 g/mol. The molecular weight excluding hydrogens is 330 g/mol. The number of rotatable bonds is 14. The molecule has 1 atom stereocenters. The first kappa shape index (κ1) is 21.4. The number of unbranched alkanes of at least 4 members (excludes halogenated alkanes) is 3. The van der Waals surface area contributed by atoms with Gasteiger partial charge in [-0.3, -0.25) is 4.99 Å². The number of hydrogen-bond acceptors (Lipinski definition) is 2. The molecule has 0 bridgehead atoms. The van der Waals surface area contributed by atoms with Crippen molar-refractivity contribution in [2.45, 2.75) is 64.4 Å². The summed E-state index contributed by atoms with van der Waals surface area (Å²) in [6.07, 6.45) is 11.5. The van der Waals surface area contributed by atoms with Gasteiger partial charge < -0.3 is 4.74 Å². The molecule has 0 aliphatic carbocycles. The molecule has 2 nitrogen and oxygen atoms in total. The van der Waals surface area contributed by atoms with Crippen LogP contribution < -0.4 is 0 Å². The molecule has 0 fully saturated rings. The molecule has 2 aromatic carbocycles. The Bertz CT molecular complexity index is 609. The highest BCUT2D eigenvalue weighted by Crippen LogP contribution is 2.23. The van der Waals surface area contributed by atoms with Crippen LogP contribution in [0.2, 0.25) is 0 Å². The molecule has 0 saturated carbocycles. The van der Waals surface area contributed by atoms with Crippen LogP contribution in [0.15, 0.2) is 65.7 Å². The maximum absolute atomic E-state index is 6.22. The number of hydrogen-bond donors (Lipinski definition) is 0. The van der Waals surface area contributed by atoms with Gasteiger partial charge in [-0.25, -0.2) is 0 Å². The van der Waals surface area contributed by atoms with Gasteiger partial charge in [0.1, 0.15) is 0 Å². The Labute approximate surface area is 165 Å². The van der Waals surface area contributed by atoms with E-state index in [-0.39, 0.29) is 6.10 Å². The molecule has 0 N–H and O–H groups in total. The van der Waals surface area contributed by atoms with Crippen molar-refractivity contribution in [1.29, 1.82) is 0 Å². The van der Waals surface area contributed by atoms with Crippen LogP contribution in [0.5, 0.6) is 0 Å². The second kappa shape index (κ2) is 14.2. The Morgan fingerprint density at radius 1 is 0.889 bits per heavy atom. The van der Waals surface area contributed by atoms with Crippen molar-refractivity contribution in [3.8, 4) is 0 Å². The zero-order valence-electron chi connectivity index (χ0n) is 16.9. The van der Waals surface area contributed by atoms with Crippen molar-refractivity contribution in [3.05, 3.63) is 71.8 Å². The zero-order valence-corrected chi connectivity index (χ0v) is 16.9. The molecule has 2 aromatic rings. The Morgan fingerprint density at radius 3 is 2.37 bits per heavy atom. The van der Waals surface area contributed by atoms with Gasteiger partial charge in [-0.15, -0.1) is 0 Å². The van der Waals surface area contributed by atoms with Gasteiger partial charge in [0.25, 0.3) is 0 Å². The minimum Gasteiger partial charge on any atom is -0.373 e. The Morgan fingerprint density at radius 2 is 1.63 bits per heavy atom. The molecule has 0 spiro atoms. The molecule has 0 amide bonds. The van der Waals surface area contributed by atoms with Crippen molar-refractivity contribution in [2.24, 2.45) is 4.99 Å². The average Bonchev–Trinajstić information content (AvgIpc) is 2.72. The lowest BCUT2D eigenvalue weighted by Crippen LogP contribution is -2.07. The molecule has 2 rings (SSSR count). The Kier molecular flexibility index (Phi) is 11.2. The first-order valence-corrected chi connectivity index (χ1v) is 10.6. The molecule has 0 aromatic heterocycles. The van der Waals surface area contributed by atoms with Crippen molar-refractivity contribution in [2.75, 3.05) is 13.2 Å². The zero-order chi connectivity index (χ0) is 19.0. The summed E-state index contributed by atoms with van der Waals surface area (Å²) in [7, 11) is 0. The van der Waals surface area contributed by atoms with Crippen LogP contribution in [0.25, 0.3) is 0 Å². The molecule has 0 heterocycles. The van der Waals surface area contributed by atoms with E-state index in [1.54, 1.807) is 0 Å². The quantitative estimate of drug-likeness (QED) is 0.266. The highest BCUT2D eigenvalue weighted by molar-refractivity contribution is 5.57. The molecule has 1 unspecified atom stereocenters. The molecule has 27 heavy (non-hydrogen) atoms. The maximum atomic E-state index is 6.22. The van der Waals surface area contributed by atoms with E-state index >= 15 is 0 Å². The molecule has 0 saturated heterocycles. The molecule has 146 valence electrons. The SMILES string of the molecule is CCCCCCN=CCCOC(CCCc1ccccc1)c1ccccc1. The van der Waals surface area contributed by atoms with Gasteiger partial charge in [0.15, 0.2) is 0 Å². The van der Waals surface area contributed by atoms with Crippen molar-refractivity contribution in [3.63, 3.8) is 0 Å². The first-order chi connectivity index (χ1) is 13.4. The summed E-state index contributed by atoms with van der Waals surface area (Å²) in [4.78, 5) is 4.51. The molecule has 0 aliphatic heterocycles. The van der Waals surface area contributed by atoms with Crippen molar-refractivity contribution >= 4 is 6.21 Å². The van der Waals surface area contributed by atoms with E-state index in [0.29, 0.717) is 0 Å². The summed E-state index contributed by atoms with van der Waals surface area (Å²) in [5, 5.41) is 0. The predicted octanol–water partition coefficient (Wildman–Crippen LogP) is 6.81. The summed E-state index contributed by atoms with van der Waals surface area (Å²) in [5.41, 5.74) is 2.68. The standard InChI is InChI=1S/C25H35NO/c1-2-3-4-11-20-26-21-13-22-27-25(24-17-9-6-10-18-24)19-12-16-23-14-7-5-8-15-23/h5-10,14-15,17-18,21,25H,2-4,11-13,16,19-20,22H2,1H3. The number of aliphatic imine (C=N–C) groups is 1. The van der Waals surface area contributed by atoms with E-state index in [1.165, 1.54) is 36.8 Å². The van der Waals surface area contributed by atoms with E-state index in [0.717, 1.165) is 38.8 Å². The minimum atomic E-state index is 0.174. The minimum absolute atomic E-state index is 0.174. The third-order valence-corrected chi connectivity index (χ3v) is 4.78. The highest BCUT2D eigenvalue weighted by Gasteiger charge is 2.11. The lowest BCUT2D eigenvalue weighted by atomic mass is 10.0. The van der Waals surface area contributed by atoms with Crippen LogP contribution >= 0.6 is 0 Å². The molecule has 2 heteroatoms. The fourth-order valence-corrected chi connectivity index (χ4v) is 3.23. The summed E-state index contributed by atoms with van der Waals surface area (Å²) in [6, 6.07) is 21.3. The highest BCUT2D eigenvalue weighted by atomic mass is 16.5. The van der Waals surface area contributed by atoms with E-state index in [1.807, 2.05) is 6.21 Å². The van der Waals surface area contributed by atoms with Crippen LogP contribution in [0.1, 0.15) is 69.1 Å². The average molecular weight is 366 g/mol. The van der Waals surface area contributed by atoms with Crippen LogP contribution in [0.3, 0.4) is 0 Å². The van der Waals surface area contributed by atoms with Gasteiger partial charge in [0, 0.05) is 19.2 Å². The fourth-order valence-electron chi connectivity index (χ4n) is 3.23. The van der Waals surface area contributed by atoms with Crippen LogP contribution in [0.4, 0.5) is 0 Å². The van der Waals surface area contributed by atoms with Crippen molar-refractivity contribution in [1.82, 2.24) is 0 Å². The fraction of sp³-hybridized carbons (Fsp3) is 0.480. The number of nitrogens with zero attached hydrogens (tertiary/aromatic N) is 1. The second-order valence-corrected chi connectivity index (χ2v) is 7.09. The van der Waals surface area contributed by atoms with Gasteiger partial charge >= 0.3 is 0 Å². The van der Waals surface area contributed by atoms with E-state index < -0.39 is 0 Å². The summed E-state index contributed by atoms with van der Waals surface area (Å²) < 4.78 is 6.22. The van der Waals surface area contributed by atoms with Gasteiger partial charge in [0.05, 0.1) is 12.7 Å². The topological polar surface area (TPSA) is 21.6 Å². The number of aryl methyl sites for hydroxylation is 1. The van der Waals surface area contributed by atoms with Gasteiger partial charge in [-0.2, -0.15) is 0 Å². The lowest BCUT2D eigenvalue weighted by Gasteiger charge is -2.18. The van der Waals surface area contributed by atoms with Crippen molar-refractivity contribution < 1.29 is 4.74 Å². The van der Waals surface area contributed by atoms with Crippen LogP contribution in [0, 0.1) is 0 Å².